The number of hydrogen-bond acceptors (Lipinski definition) is 4. The Morgan fingerprint density at radius 2 is 2.17 bits per heavy atom. The Bertz CT molecular complexity index is 608. The molecule has 0 saturated heterocycles. The first-order valence-electron chi connectivity index (χ1n) is 7.66. The summed E-state index contributed by atoms with van der Waals surface area (Å²) in [5.41, 5.74) is 0. The van der Waals surface area contributed by atoms with Gasteiger partial charge in [0, 0.05) is 25.0 Å². The highest BCUT2D eigenvalue weighted by atomic mass is 32.1. The van der Waals surface area contributed by atoms with Crippen molar-refractivity contribution in [1.82, 2.24) is 25.4 Å². The molecule has 0 amide bonds. The SMILES string of the molecule is Cc1nnc(CN=C(NCCCF)NCCc2cccs2)n1C. The second-order valence-electron chi connectivity index (χ2n) is 5.11. The van der Waals surface area contributed by atoms with Gasteiger partial charge in [0.25, 0.3) is 0 Å². The fourth-order valence-electron chi connectivity index (χ4n) is 1.95. The van der Waals surface area contributed by atoms with Crippen LogP contribution in [0.2, 0.25) is 0 Å². The molecule has 2 heterocycles. The summed E-state index contributed by atoms with van der Waals surface area (Å²) in [5.74, 6) is 2.33. The molecule has 0 aromatic carbocycles. The van der Waals surface area contributed by atoms with Gasteiger partial charge in [0.05, 0.1) is 6.67 Å². The zero-order valence-electron chi connectivity index (χ0n) is 13.5. The van der Waals surface area contributed by atoms with Gasteiger partial charge in [-0.3, -0.25) is 4.39 Å². The summed E-state index contributed by atoms with van der Waals surface area (Å²) < 4.78 is 14.2. The molecule has 0 fully saturated rings. The lowest BCUT2D eigenvalue weighted by Gasteiger charge is -2.11. The average molecular weight is 338 g/mol. The summed E-state index contributed by atoms with van der Waals surface area (Å²) in [6.07, 6.45) is 1.40. The summed E-state index contributed by atoms with van der Waals surface area (Å²) >= 11 is 1.74. The lowest BCUT2D eigenvalue weighted by Crippen LogP contribution is -2.39. The second-order valence-corrected chi connectivity index (χ2v) is 6.14. The van der Waals surface area contributed by atoms with Gasteiger partial charge in [-0.15, -0.1) is 21.5 Å². The van der Waals surface area contributed by atoms with Crippen LogP contribution in [0.4, 0.5) is 4.39 Å². The van der Waals surface area contributed by atoms with Gasteiger partial charge in [0.1, 0.15) is 12.4 Å². The van der Waals surface area contributed by atoms with Gasteiger partial charge in [0.2, 0.25) is 0 Å². The zero-order valence-corrected chi connectivity index (χ0v) is 14.4. The maximum atomic E-state index is 12.3. The number of halogens is 1. The molecule has 126 valence electrons. The smallest absolute Gasteiger partial charge is 0.191 e. The highest BCUT2D eigenvalue weighted by Crippen LogP contribution is 2.08. The van der Waals surface area contributed by atoms with Crippen molar-refractivity contribution in [2.75, 3.05) is 19.8 Å². The molecule has 0 saturated carbocycles. The van der Waals surface area contributed by atoms with Crippen molar-refractivity contribution >= 4 is 17.3 Å². The molecule has 0 aliphatic carbocycles. The van der Waals surface area contributed by atoms with Crippen LogP contribution in [0.5, 0.6) is 0 Å². The topological polar surface area (TPSA) is 67.1 Å². The van der Waals surface area contributed by atoms with Gasteiger partial charge in [-0.05, 0) is 31.2 Å². The predicted octanol–water partition coefficient (Wildman–Crippen LogP) is 1.82. The number of aryl methyl sites for hydroxylation is 1. The number of nitrogens with zero attached hydrogens (tertiary/aromatic N) is 4. The van der Waals surface area contributed by atoms with E-state index < -0.39 is 0 Å². The standard InChI is InChI=1S/C15H23FN6S/c1-12-20-21-14(22(12)2)11-19-15(17-8-4-7-16)18-9-6-13-5-3-10-23-13/h3,5,10H,4,6-9,11H2,1-2H3,(H2,17,18,19). The van der Waals surface area contributed by atoms with E-state index in [0.717, 1.165) is 24.6 Å². The molecule has 6 nitrogen and oxygen atoms in total. The Kier molecular flexibility index (Phi) is 6.99. The third-order valence-electron chi connectivity index (χ3n) is 3.41. The summed E-state index contributed by atoms with van der Waals surface area (Å²) in [7, 11) is 1.92. The van der Waals surface area contributed by atoms with Crippen LogP contribution in [-0.4, -0.2) is 40.5 Å². The van der Waals surface area contributed by atoms with Gasteiger partial charge in [-0.25, -0.2) is 4.99 Å². The van der Waals surface area contributed by atoms with Crippen molar-refractivity contribution in [3.05, 3.63) is 34.0 Å². The largest absolute Gasteiger partial charge is 0.356 e. The molecule has 23 heavy (non-hydrogen) atoms. The minimum Gasteiger partial charge on any atom is -0.356 e. The summed E-state index contributed by atoms with van der Waals surface area (Å²) in [4.78, 5) is 5.83. The molecule has 0 aliphatic rings. The Morgan fingerprint density at radius 3 is 2.83 bits per heavy atom. The molecule has 8 heteroatoms. The summed E-state index contributed by atoms with van der Waals surface area (Å²) in [6.45, 7) is 3.33. The summed E-state index contributed by atoms with van der Waals surface area (Å²) in [6, 6.07) is 4.16. The maximum Gasteiger partial charge on any atom is 0.191 e. The highest BCUT2D eigenvalue weighted by molar-refractivity contribution is 7.09. The molecule has 2 rings (SSSR count). The third-order valence-corrected chi connectivity index (χ3v) is 4.34. The maximum absolute atomic E-state index is 12.3. The van der Waals surface area contributed by atoms with E-state index in [1.807, 2.05) is 24.6 Å². The van der Waals surface area contributed by atoms with E-state index in [9.17, 15) is 4.39 Å². The molecule has 0 bridgehead atoms. The van der Waals surface area contributed by atoms with Crippen molar-refractivity contribution in [1.29, 1.82) is 0 Å². The van der Waals surface area contributed by atoms with Crippen LogP contribution in [0.15, 0.2) is 22.5 Å². The normalized spacial score (nSPS) is 11.7. The van der Waals surface area contributed by atoms with Gasteiger partial charge in [0.15, 0.2) is 11.8 Å². The van der Waals surface area contributed by atoms with Crippen LogP contribution in [0.25, 0.3) is 0 Å². The molecule has 2 aromatic heterocycles. The molecule has 0 unspecified atom stereocenters. The molecular formula is C15H23FN6S. The van der Waals surface area contributed by atoms with E-state index in [4.69, 9.17) is 0 Å². The molecule has 0 atom stereocenters. The molecule has 2 N–H and O–H groups in total. The average Bonchev–Trinajstić information content (AvgIpc) is 3.17. The van der Waals surface area contributed by atoms with Crippen molar-refractivity contribution in [3.63, 3.8) is 0 Å². The number of guanidine groups is 1. The van der Waals surface area contributed by atoms with E-state index >= 15 is 0 Å². The Balaban J connectivity index is 1.89. The molecule has 0 radical (unpaired) electrons. The minimum absolute atomic E-state index is 0.335. The van der Waals surface area contributed by atoms with Crippen LogP contribution in [0.3, 0.4) is 0 Å². The summed E-state index contributed by atoms with van der Waals surface area (Å²) in [5, 5.41) is 16.6. The molecule has 0 spiro atoms. The van der Waals surface area contributed by atoms with Crippen molar-refractivity contribution < 1.29 is 4.39 Å². The molecule has 2 aromatic rings. The van der Waals surface area contributed by atoms with E-state index in [1.54, 1.807) is 11.3 Å². The number of thiophene rings is 1. The predicted molar refractivity (Wildman–Crippen MR) is 91.5 cm³/mol. The zero-order chi connectivity index (χ0) is 16.5. The fourth-order valence-corrected chi connectivity index (χ4v) is 2.65. The Labute approximate surface area is 139 Å². The van der Waals surface area contributed by atoms with E-state index in [0.29, 0.717) is 25.5 Å². The quantitative estimate of drug-likeness (QED) is 0.438. The van der Waals surface area contributed by atoms with Crippen LogP contribution in [0.1, 0.15) is 22.9 Å². The van der Waals surface area contributed by atoms with E-state index in [2.05, 4.69) is 37.3 Å². The Hall–Kier alpha value is -1.96. The second kappa shape index (κ2) is 9.24. The number of hydrogen-bond donors (Lipinski definition) is 2. The van der Waals surface area contributed by atoms with Gasteiger partial charge in [-0.2, -0.15) is 0 Å². The lowest BCUT2D eigenvalue weighted by atomic mass is 10.3. The highest BCUT2D eigenvalue weighted by Gasteiger charge is 2.05. The van der Waals surface area contributed by atoms with Crippen LogP contribution < -0.4 is 10.6 Å². The van der Waals surface area contributed by atoms with E-state index in [1.165, 1.54) is 4.88 Å². The van der Waals surface area contributed by atoms with Crippen LogP contribution in [-0.2, 0) is 20.0 Å². The van der Waals surface area contributed by atoms with Crippen molar-refractivity contribution in [2.24, 2.45) is 12.0 Å². The van der Waals surface area contributed by atoms with E-state index in [-0.39, 0.29) is 6.67 Å². The Morgan fingerprint density at radius 1 is 1.35 bits per heavy atom. The van der Waals surface area contributed by atoms with Gasteiger partial charge >= 0.3 is 0 Å². The number of nitrogens with one attached hydrogen (secondary N) is 2. The van der Waals surface area contributed by atoms with Crippen LogP contribution >= 0.6 is 11.3 Å². The first kappa shape index (κ1) is 17.4. The number of alkyl halides is 1. The first-order chi connectivity index (χ1) is 11.2. The molecule has 0 aliphatic heterocycles. The number of aliphatic imine (C=N–C) groups is 1. The lowest BCUT2D eigenvalue weighted by molar-refractivity contribution is 0.470. The monoisotopic (exact) mass is 338 g/mol. The van der Waals surface area contributed by atoms with Crippen molar-refractivity contribution in [2.45, 2.75) is 26.3 Å². The third kappa shape index (κ3) is 5.63. The van der Waals surface area contributed by atoms with Crippen LogP contribution in [0, 0.1) is 6.92 Å². The first-order valence-corrected chi connectivity index (χ1v) is 8.54. The number of rotatable bonds is 8. The van der Waals surface area contributed by atoms with Gasteiger partial charge < -0.3 is 15.2 Å². The fraction of sp³-hybridized carbons (Fsp3) is 0.533. The minimum atomic E-state index is -0.335. The number of aromatic nitrogens is 3. The van der Waals surface area contributed by atoms with Crippen molar-refractivity contribution in [3.8, 4) is 0 Å². The van der Waals surface area contributed by atoms with Gasteiger partial charge in [-0.1, -0.05) is 6.07 Å². The molecular weight excluding hydrogens is 315 g/mol.